The molecule has 4 atom stereocenters. The maximum absolute atomic E-state index is 13.4. The van der Waals surface area contributed by atoms with Crippen LogP contribution in [-0.4, -0.2) is 92.2 Å². The fourth-order valence-corrected chi connectivity index (χ4v) is 10.5. The van der Waals surface area contributed by atoms with Crippen LogP contribution < -0.4 is 10.7 Å². The minimum absolute atomic E-state index is 0.000787. The number of hydrazine groups is 1. The number of carbonyl (C=O) groups is 1. The summed E-state index contributed by atoms with van der Waals surface area (Å²) in [4.78, 5) is 15.6. The van der Waals surface area contributed by atoms with Crippen molar-refractivity contribution in [2.24, 2.45) is 23.7 Å². The lowest BCUT2D eigenvalue weighted by atomic mass is 9.74. The fourth-order valence-electron chi connectivity index (χ4n) is 8.46. The van der Waals surface area contributed by atoms with Gasteiger partial charge in [-0.1, -0.05) is 19.3 Å². The van der Waals surface area contributed by atoms with E-state index in [0.717, 1.165) is 64.5 Å². The number of fused-ring (bicyclic) bond motifs is 1. The largest absolute Gasteiger partial charge is 0.355 e. The van der Waals surface area contributed by atoms with Crippen LogP contribution in [0.25, 0.3) is 0 Å². The van der Waals surface area contributed by atoms with Gasteiger partial charge in [-0.3, -0.25) is 10.2 Å². The zero-order chi connectivity index (χ0) is 26.9. The van der Waals surface area contributed by atoms with Gasteiger partial charge in [0.1, 0.15) is 0 Å². The molecule has 218 valence electrons. The topological polar surface area (TPSA) is 85.0 Å². The van der Waals surface area contributed by atoms with Gasteiger partial charge >= 0.3 is 0 Å². The molecule has 1 amide bonds. The first kappa shape index (κ1) is 28.8. The Hall–Kier alpha value is -0.740. The molecule has 0 aromatic heterocycles. The molecule has 0 radical (unpaired) electrons. The first-order valence-electron chi connectivity index (χ1n) is 15.7. The van der Waals surface area contributed by atoms with Gasteiger partial charge in [-0.15, -0.1) is 0 Å². The Morgan fingerprint density at radius 1 is 0.895 bits per heavy atom. The zero-order valence-corrected chi connectivity index (χ0v) is 24.9. The van der Waals surface area contributed by atoms with E-state index < -0.39 is 10.0 Å². The molecule has 3 saturated heterocycles. The SMILES string of the molecule is CC1NN2CCC(C3CCN(S(=O)(=O)C4CCC(N(C)C)CC4)CC3)CC2C1C(=O)NCC1CCCCC1. The van der Waals surface area contributed by atoms with Crippen molar-refractivity contribution in [1.82, 2.24) is 25.0 Å². The molecule has 0 aromatic carbocycles. The summed E-state index contributed by atoms with van der Waals surface area (Å²) >= 11 is 0. The van der Waals surface area contributed by atoms with Crippen molar-refractivity contribution in [3.8, 4) is 0 Å². The molecular formula is C29H53N5O3S. The van der Waals surface area contributed by atoms with Crippen molar-refractivity contribution >= 4 is 15.9 Å². The molecule has 38 heavy (non-hydrogen) atoms. The van der Waals surface area contributed by atoms with E-state index in [1.807, 2.05) is 4.31 Å². The Bertz CT molecular complexity index is 892. The van der Waals surface area contributed by atoms with Gasteiger partial charge in [-0.2, -0.15) is 0 Å². The number of carbonyl (C=O) groups excluding carboxylic acids is 1. The molecule has 9 heteroatoms. The fraction of sp³-hybridized carbons (Fsp3) is 0.966. The average Bonchev–Trinajstić information content (AvgIpc) is 3.27. The highest BCUT2D eigenvalue weighted by atomic mass is 32.2. The number of rotatable bonds is 7. The first-order chi connectivity index (χ1) is 18.2. The number of nitrogens with zero attached hydrogens (tertiary/aromatic N) is 3. The van der Waals surface area contributed by atoms with Crippen LogP contribution in [0.2, 0.25) is 0 Å². The van der Waals surface area contributed by atoms with Crippen molar-refractivity contribution in [2.75, 3.05) is 40.3 Å². The van der Waals surface area contributed by atoms with Gasteiger partial charge in [0.05, 0.1) is 11.2 Å². The maximum atomic E-state index is 13.4. The van der Waals surface area contributed by atoms with Crippen LogP contribution in [0.5, 0.6) is 0 Å². The number of hydrogen-bond acceptors (Lipinski definition) is 6. The van der Waals surface area contributed by atoms with Crippen LogP contribution in [0.15, 0.2) is 0 Å². The summed E-state index contributed by atoms with van der Waals surface area (Å²) in [6.07, 6.45) is 14.1. The average molecular weight is 552 g/mol. The molecule has 8 nitrogen and oxygen atoms in total. The molecule has 0 bridgehead atoms. The summed E-state index contributed by atoms with van der Waals surface area (Å²) in [7, 11) is 0.999. The summed E-state index contributed by atoms with van der Waals surface area (Å²) in [5, 5.41) is 5.48. The van der Waals surface area contributed by atoms with Crippen molar-refractivity contribution in [2.45, 2.75) is 114 Å². The lowest BCUT2D eigenvalue weighted by Crippen LogP contribution is -2.50. The second-order valence-electron chi connectivity index (χ2n) is 13.4. The molecule has 2 saturated carbocycles. The molecule has 5 aliphatic rings. The van der Waals surface area contributed by atoms with Crippen molar-refractivity contribution in [1.29, 1.82) is 0 Å². The molecule has 2 N–H and O–H groups in total. The van der Waals surface area contributed by atoms with Crippen LogP contribution in [0.3, 0.4) is 0 Å². The van der Waals surface area contributed by atoms with Crippen molar-refractivity contribution in [3.05, 3.63) is 0 Å². The number of hydrogen-bond donors (Lipinski definition) is 2. The monoisotopic (exact) mass is 551 g/mol. The highest BCUT2D eigenvalue weighted by Gasteiger charge is 2.48. The smallest absolute Gasteiger partial charge is 0.226 e. The van der Waals surface area contributed by atoms with E-state index in [4.69, 9.17) is 0 Å². The van der Waals surface area contributed by atoms with E-state index in [-0.39, 0.29) is 29.2 Å². The van der Waals surface area contributed by atoms with Gasteiger partial charge in [-0.05, 0) is 103 Å². The van der Waals surface area contributed by atoms with Crippen molar-refractivity contribution < 1.29 is 13.2 Å². The molecular weight excluding hydrogens is 498 g/mol. The highest BCUT2D eigenvalue weighted by Crippen LogP contribution is 2.40. The number of nitrogens with one attached hydrogen (secondary N) is 2. The van der Waals surface area contributed by atoms with Crippen LogP contribution in [0.1, 0.15) is 90.4 Å². The third-order valence-electron chi connectivity index (χ3n) is 10.9. The summed E-state index contributed by atoms with van der Waals surface area (Å²) in [6, 6.07) is 0.937. The lowest BCUT2D eigenvalue weighted by Gasteiger charge is -2.43. The second-order valence-corrected chi connectivity index (χ2v) is 15.6. The molecule has 3 heterocycles. The predicted octanol–water partition coefficient (Wildman–Crippen LogP) is 3.20. The van der Waals surface area contributed by atoms with E-state index in [9.17, 15) is 13.2 Å². The standard InChI is InChI=1S/C29H53N5O3S/c1-21-28(29(35)30-20-22-7-5-4-6-8-22)27-19-24(15-18-34(27)31-21)23-13-16-33(17-14-23)38(36,37)26-11-9-25(10-12-26)32(2)3/h21-28,31H,4-20H2,1-3H3,(H,30,35). The normalized spacial score (nSPS) is 36.8. The van der Waals surface area contributed by atoms with Crippen LogP contribution in [0.4, 0.5) is 0 Å². The zero-order valence-electron chi connectivity index (χ0n) is 24.1. The van der Waals surface area contributed by atoms with E-state index in [1.165, 1.54) is 32.1 Å². The summed E-state index contributed by atoms with van der Waals surface area (Å²) in [5.74, 6) is 2.03. The molecule has 2 aliphatic carbocycles. The van der Waals surface area contributed by atoms with Crippen molar-refractivity contribution in [3.63, 3.8) is 0 Å². The third-order valence-corrected chi connectivity index (χ3v) is 13.3. The molecule has 3 aliphatic heterocycles. The van der Waals surface area contributed by atoms with E-state index in [2.05, 4.69) is 41.7 Å². The summed E-state index contributed by atoms with van der Waals surface area (Å²) in [5.41, 5.74) is 3.60. The lowest BCUT2D eigenvalue weighted by molar-refractivity contribution is -0.126. The Morgan fingerprint density at radius 3 is 2.21 bits per heavy atom. The predicted molar refractivity (Wildman–Crippen MR) is 152 cm³/mol. The second kappa shape index (κ2) is 12.4. The van der Waals surface area contributed by atoms with Crippen LogP contribution in [-0.2, 0) is 14.8 Å². The molecule has 0 spiro atoms. The van der Waals surface area contributed by atoms with Gasteiger partial charge < -0.3 is 10.2 Å². The van der Waals surface area contributed by atoms with Crippen LogP contribution >= 0.6 is 0 Å². The minimum atomic E-state index is -3.20. The van der Waals surface area contributed by atoms with Gasteiger partial charge in [0.2, 0.25) is 15.9 Å². The minimum Gasteiger partial charge on any atom is -0.355 e. The Morgan fingerprint density at radius 2 is 1.55 bits per heavy atom. The first-order valence-corrected chi connectivity index (χ1v) is 17.2. The van der Waals surface area contributed by atoms with E-state index in [0.29, 0.717) is 36.9 Å². The highest BCUT2D eigenvalue weighted by molar-refractivity contribution is 7.89. The number of piperidine rings is 2. The molecule has 5 rings (SSSR count). The Labute approximate surface area is 231 Å². The number of amides is 1. The van der Waals surface area contributed by atoms with E-state index in [1.54, 1.807) is 0 Å². The Balaban J connectivity index is 1.12. The quantitative estimate of drug-likeness (QED) is 0.506. The van der Waals surface area contributed by atoms with Gasteiger partial charge in [0.15, 0.2) is 0 Å². The van der Waals surface area contributed by atoms with Gasteiger partial charge in [0.25, 0.3) is 0 Å². The summed E-state index contributed by atoms with van der Waals surface area (Å²) < 4.78 is 28.7. The summed E-state index contributed by atoms with van der Waals surface area (Å²) in [6.45, 7) is 5.33. The molecule has 0 aromatic rings. The third kappa shape index (κ3) is 6.27. The molecule has 5 fully saturated rings. The van der Waals surface area contributed by atoms with E-state index >= 15 is 0 Å². The molecule has 4 unspecified atom stereocenters. The van der Waals surface area contributed by atoms with Crippen LogP contribution in [0, 0.1) is 23.7 Å². The number of sulfonamides is 1. The van der Waals surface area contributed by atoms with Gasteiger partial charge in [0, 0.05) is 44.3 Å². The Kier molecular flexibility index (Phi) is 9.40. The van der Waals surface area contributed by atoms with Gasteiger partial charge in [-0.25, -0.2) is 17.7 Å². The maximum Gasteiger partial charge on any atom is 0.226 e.